The van der Waals surface area contributed by atoms with E-state index in [1.165, 1.54) is 18.2 Å². The van der Waals surface area contributed by atoms with Crippen molar-refractivity contribution in [2.24, 2.45) is 11.7 Å². The van der Waals surface area contributed by atoms with Crippen molar-refractivity contribution in [2.45, 2.75) is 64.3 Å². The predicted molar refractivity (Wildman–Crippen MR) is 105 cm³/mol. The Kier molecular flexibility index (Phi) is 8.50. The lowest BCUT2D eigenvalue weighted by Gasteiger charge is -2.23. The fraction of sp³-hybridized carbons (Fsp3) is 0.579. The van der Waals surface area contributed by atoms with Gasteiger partial charge >= 0.3 is 0 Å². The lowest BCUT2D eigenvalue weighted by Crippen LogP contribution is -2.48. The van der Waals surface area contributed by atoms with E-state index in [1.807, 2.05) is 6.92 Å². The Morgan fingerprint density at radius 2 is 1.88 bits per heavy atom. The van der Waals surface area contributed by atoms with Gasteiger partial charge in [-0.15, -0.1) is 12.4 Å². The molecule has 7 heteroatoms. The summed E-state index contributed by atoms with van der Waals surface area (Å²) in [4.78, 5) is 24.6. The normalized spacial score (nSPS) is 16.9. The first kappa shape index (κ1) is 22.4. The van der Waals surface area contributed by atoms with Crippen molar-refractivity contribution in [3.8, 4) is 0 Å². The summed E-state index contributed by atoms with van der Waals surface area (Å²) < 4.78 is 14.0. The largest absolute Gasteiger partial charge is 0.324 e. The van der Waals surface area contributed by atoms with Crippen molar-refractivity contribution in [3.63, 3.8) is 0 Å². The molecule has 146 valence electrons. The predicted octanol–water partition coefficient (Wildman–Crippen LogP) is 4.22. The van der Waals surface area contributed by atoms with Gasteiger partial charge in [0.25, 0.3) is 0 Å². The van der Waals surface area contributed by atoms with Crippen LogP contribution in [0.25, 0.3) is 0 Å². The van der Waals surface area contributed by atoms with Gasteiger partial charge < -0.3 is 16.4 Å². The second kappa shape index (κ2) is 9.88. The number of nitrogens with one attached hydrogen (secondary N) is 2. The van der Waals surface area contributed by atoms with Gasteiger partial charge in [-0.2, -0.15) is 0 Å². The number of carbonyl (C=O) groups is 2. The molecule has 1 atom stereocenters. The zero-order chi connectivity index (χ0) is 18.4. The second-order valence-electron chi connectivity index (χ2n) is 7.14. The second-order valence-corrected chi connectivity index (χ2v) is 7.14. The minimum Gasteiger partial charge on any atom is -0.324 e. The van der Waals surface area contributed by atoms with Gasteiger partial charge in [-0.3, -0.25) is 9.59 Å². The van der Waals surface area contributed by atoms with Crippen LogP contribution in [0.3, 0.4) is 0 Å². The molecular weight excluding hydrogens is 357 g/mol. The smallest absolute Gasteiger partial charge is 0.244 e. The Bertz CT molecular complexity index is 631. The number of amides is 2. The molecule has 1 aromatic carbocycles. The van der Waals surface area contributed by atoms with Crippen LogP contribution in [0.4, 0.5) is 15.8 Å². The molecule has 0 heterocycles. The van der Waals surface area contributed by atoms with E-state index in [0.717, 1.165) is 38.5 Å². The lowest BCUT2D eigenvalue weighted by molar-refractivity contribution is -0.121. The third-order valence-corrected chi connectivity index (χ3v) is 4.75. The zero-order valence-electron chi connectivity index (χ0n) is 15.4. The van der Waals surface area contributed by atoms with Gasteiger partial charge in [0.2, 0.25) is 11.8 Å². The van der Waals surface area contributed by atoms with Crippen LogP contribution in [0, 0.1) is 11.7 Å². The van der Waals surface area contributed by atoms with Crippen LogP contribution in [0.5, 0.6) is 0 Å². The number of hydrogen-bond acceptors (Lipinski definition) is 3. The molecule has 1 aromatic rings. The Balaban J connectivity index is 0.00000338. The molecule has 1 saturated carbocycles. The molecule has 1 unspecified atom stereocenters. The van der Waals surface area contributed by atoms with Crippen molar-refractivity contribution in [1.82, 2.24) is 0 Å². The molecule has 4 N–H and O–H groups in total. The third kappa shape index (κ3) is 5.95. The molecule has 0 aliphatic heterocycles. The highest BCUT2D eigenvalue weighted by molar-refractivity contribution is 5.99. The molecule has 5 nitrogen and oxygen atoms in total. The lowest BCUT2D eigenvalue weighted by atomic mass is 9.88. The van der Waals surface area contributed by atoms with E-state index in [4.69, 9.17) is 5.73 Å². The molecule has 2 rings (SSSR count). The molecular formula is C19H29ClFN3O2. The van der Waals surface area contributed by atoms with E-state index in [2.05, 4.69) is 10.6 Å². The van der Waals surface area contributed by atoms with Gasteiger partial charge in [0, 0.05) is 11.6 Å². The molecule has 26 heavy (non-hydrogen) atoms. The van der Waals surface area contributed by atoms with Crippen molar-refractivity contribution in [3.05, 3.63) is 24.0 Å². The van der Waals surface area contributed by atoms with Gasteiger partial charge in [-0.05, 0) is 44.4 Å². The summed E-state index contributed by atoms with van der Waals surface area (Å²) in [5, 5.41) is 5.37. The van der Waals surface area contributed by atoms with E-state index in [0.29, 0.717) is 12.1 Å². The van der Waals surface area contributed by atoms with Gasteiger partial charge in [-0.25, -0.2) is 4.39 Å². The number of benzene rings is 1. The van der Waals surface area contributed by atoms with Gasteiger partial charge in [0.05, 0.1) is 11.2 Å². The van der Waals surface area contributed by atoms with Gasteiger partial charge in [0.1, 0.15) is 5.82 Å². The average Bonchev–Trinajstić information content (AvgIpc) is 2.58. The van der Waals surface area contributed by atoms with Crippen LogP contribution in [-0.4, -0.2) is 17.4 Å². The Labute approximate surface area is 160 Å². The van der Waals surface area contributed by atoms with E-state index in [-0.39, 0.29) is 35.8 Å². The number of carbonyl (C=O) groups excluding carboxylic acids is 2. The Hall–Kier alpha value is -1.66. The maximum Gasteiger partial charge on any atom is 0.244 e. The zero-order valence-corrected chi connectivity index (χ0v) is 16.3. The quantitative estimate of drug-likeness (QED) is 0.685. The highest BCUT2D eigenvalue weighted by Crippen LogP contribution is 2.27. The van der Waals surface area contributed by atoms with E-state index >= 15 is 0 Å². The molecule has 0 spiro atoms. The summed E-state index contributed by atoms with van der Waals surface area (Å²) in [5.41, 5.74) is 5.52. The summed E-state index contributed by atoms with van der Waals surface area (Å²) in [6.45, 7) is 3.62. The summed E-state index contributed by atoms with van der Waals surface area (Å²) in [5.74, 6) is -1.07. The third-order valence-electron chi connectivity index (χ3n) is 4.75. The summed E-state index contributed by atoms with van der Waals surface area (Å²) >= 11 is 0. The number of halogens is 2. The van der Waals surface area contributed by atoms with Crippen LogP contribution >= 0.6 is 12.4 Å². The minimum absolute atomic E-state index is 0. The number of hydrogen-bond donors (Lipinski definition) is 3. The van der Waals surface area contributed by atoms with E-state index in [9.17, 15) is 14.0 Å². The first-order valence-electron chi connectivity index (χ1n) is 9.04. The van der Waals surface area contributed by atoms with Gasteiger partial charge in [0.15, 0.2) is 0 Å². The van der Waals surface area contributed by atoms with Crippen LogP contribution in [0.1, 0.15) is 58.8 Å². The Morgan fingerprint density at radius 3 is 2.50 bits per heavy atom. The standard InChI is InChI=1S/C19H28FN3O2.ClH/c1-3-11-19(2,21)18(25)22-14-9-10-15(20)16(12-14)23-17(24)13-7-5-4-6-8-13;/h9-10,12-13H,3-8,11,21H2,1-2H3,(H,22,25)(H,23,24);1H. The van der Waals surface area contributed by atoms with Crippen molar-refractivity contribution in [2.75, 3.05) is 10.6 Å². The maximum absolute atomic E-state index is 14.0. The van der Waals surface area contributed by atoms with Crippen LogP contribution in [-0.2, 0) is 9.59 Å². The fourth-order valence-electron chi connectivity index (χ4n) is 3.21. The van der Waals surface area contributed by atoms with E-state index in [1.54, 1.807) is 6.92 Å². The van der Waals surface area contributed by atoms with E-state index < -0.39 is 11.4 Å². The van der Waals surface area contributed by atoms with Crippen LogP contribution in [0.2, 0.25) is 0 Å². The van der Waals surface area contributed by atoms with Crippen LogP contribution in [0.15, 0.2) is 18.2 Å². The molecule has 1 fully saturated rings. The topological polar surface area (TPSA) is 84.2 Å². The molecule has 0 aromatic heterocycles. The van der Waals surface area contributed by atoms with Crippen molar-refractivity contribution >= 4 is 35.6 Å². The van der Waals surface area contributed by atoms with Crippen molar-refractivity contribution < 1.29 is 14.0 Å². The highest BCUT2D eigenvalue weighted by Gasteiger charge is 2.27. The summed E-state index contributed by atoms with van der Waals surface area (Å²) in [7, 11) is 0. The highest BCUT2D eigenvalue weighted by atomic mass is 35.5. The first-order chi connectivity index (χ1) is 11.8. The first-order valence-corrected chi connectivity index (χ1v) is 9.04. The SMILES string of the molecule is CCCC(C)(N)C(=O)Nc1ccc(F)c(NC(=O)C2CCCCC2)c1.Cl. The molecule has 1 aliphatic carbocycles. The summed E-state index contributed by atoms with van der Waals surface area (Å²) in [6.07, 6.45) is 6.22. The molecule has 1 aliphatic rings. The molecule has 2 amide bonds. The minimum atomic E-state index is -0.991. The number of nitrogens with two attached hydrogens (primary N) is 1. The molecule has 0 saturated heterocycles. The Morgan fingerprint density at radius 1 is 1.23 bits per heavy atom. The average molecular weight is 386 g/mol. The number of rotatable bonds is 6. The molecule has 0 radical (unpaired) electrons. The van der Waals surface area contributed by atoms with Crippen molar-refractivity contribution in [1.29, 1.82) is 0 Å². The fourth-order valence-corrected chi connectivity index (χ4v) is 3.21. The monoisotopic (exact) mass is 385 g/mol. The molecule has 0 bridgehead atoms. The van der Waals surface area contributed by atoms with Crippen LogP contribution < -0.4 is 16.4 Å². The summed E-state index contributed by atoms with van der Waals surface area (Å²) in [6, 6.07) is 4.14. The van der Waals surface area contributed by atoms with Gasteiger partial charge in [-0.1, -0.05) is 32.6 Å². The maximum atomic E-state index is 14.0. The number of anilines is 2.